The number of rotatable bonds is 2. The van der Waals surface area contributed by atoms with Crippen molar-refractivity contribution in [1.82, 2.24) is 9.80 Å². The van der Waals surface area contributed by atoms with Crippen LogP contribution in [0.15, 0.2) is 0 Å². The normalized spacial score (nSPS) is 16.9. The Morgan fingerprint density at radius 3 is 1.90 bits per heavy atom. The summed E-state index contributed by atoms with van der Waals surface area (Å²) in [5.74, 6) is -0.531. The third kappa shape index (κ3) is 6.68. The van der Waals surface area contributed by atoms with Gasteiger partial charge in [-0.1, -0.05) is 0 Å². The van der Waals surface area contributed by atoms with Crippen LogP contribution in [-0.4, -0.2) is 59.8 Å². The summed E-state index contributed by atoms with van der Waals surface area (Å²) >= 11 is 0. The molecule has 1 heterocycles. The highest BCUT2D eigenvalue weighted by Gasteiger charge is 2.31. The van der Waals surface area contributed by atoms with Gasteiger partial charge >= 0.3 is 12.3 Å². The molecule has 8 heteroatoms. The first-order chi connectivity index (χ1) is 9.48. The van der Waals surface area contributed by atoms with Gasteiger partial charge < -0.3 is 14.5 Å². The molecule has 2 amide bonds. The van der Waals surface area contributed by atoms with Crippen molar-refractivity contribution in [3.8, 4) is 0 Å². The van der Waals surface area contributed by atoms with E-state index in [9.17, 15) is 22.8 Å². The van der Waals surface area contributed by atoms with Gasteiger partial charge in [-0.15, -0.1) is 0 Å². The number of nitrogens with zero attached hydrogens (tertiary/aromatic N) is 2. The number of ether oxygens (including phenoxy) is 1. The molecule has 0 aromatic carbocycles. The highest BCUT2D eigenvalue weighted by Crippen LogP contribution is 2.22. The lowest BCUT2D eigenvalue weighted by Gasteiger charge is -2.35. The monoisotopic (exact) mass is 310 g/mol. The van der Waals surface area contributed by atoms with Crippen LogP contribution >= 0.6 is 0 Å². The van der Waals surface area contributed by atoms with E-state index < -0.39 is 36.6 Å². The van der Waals surface area contributed by atoms with Crippen LogP contribution in [0, 0.1) is 0 Å². The van der Waals surface area contributed by atoms with Crippen LogP contribution in [0.2, 0.25) is 0 Å². The van der Waals surface area contributed by atoms with Gasteiger partial charge in [0.05, 0.1) is 6.42 Å². The predicted molar refractivity (Wildman–Crippen MR) is 69.7 cm³/mol. The van der Waals surface area contributed by atoms with Gasteiger partial charge in [0.15, 0.2) is 0 Å². The standard InChI is InChI=1S/C13H21F3N2O3/c1-12(2,3)21-11(20)18-8-6-17(7-9-18)10(19)4-5-13(14,15)16/h4-9H2,1-3H3. The maximum absolute atomic E-state index is 12.1. The number of amides is 2. The van der Waals surface area contributed by atoms with Crippen LogP contribution in [0.4, 0.5) is 18.0 Å². The second-order valence-corrected chi connectivity index (χ2v) is 5.96. The maximum Gasteiger partial charge on any atom is 0.410 e. The van der Waals surface area contributed by atoms with Crippen molar-refractivity contribution in [1.29, 1.82) is 0 Å². The molecule has 21 heavy (non-hydrogen) atoms. The average Bonchev–Trinajstić information content (AvgIpc) is 2.33. The maximum atomic E-state index is 12.1. The number of alkyl halides is 3. The van der Waals surface area contributed by atoms with Gasteiger partial charge in [-0.25, -0.2) is 4.79 Å². The number of carbonyl (C=O) groups excluding carboxylic acids is 2. The lowest BCUT2D eigenvalue weighted by molar-refractivity contribution is -0.150. The molecule has 0 aromatic heterocycles. The second kappa shape index (κ2) is 6.53. The molecular formula is C13H21F3N2O3. The fraction of sp³-hybridized carbons (Fsp3) is 0.846. The van der Waals surface area contributed by atoms with Gasteiger partial charge in [0.1, 0.15) is 5.60 Å². The van der Waals surface area contributed by atoms with Crippen LogP contribution < -0.4 is 0 Å². The molecule has 0 unspecified atom stereocenters. The van der Waals surface area contributed by atoms with E-state index in [1.807, 2.05) is 0 Å². The van der Waals surface area contributed by atoms with Gasteiger partial charge in [0, 0.05) is 32.6 Å². The molecule has 1 saturated heterocycles. The Hall–Kier alpha value is -1.47. The minimum atomic E-state index is -4.33. The van der Waals surface area contributed by atoms with Crippen molar-refractivity contribution in [3.05, 3.63) is 0 Å². The molecule has 1 aliphatic rings. The zero-order valence-corrected chi connectivity index (χ0v) is 12.5. The lowest BCUT2D eigenvalue weighted by atomic mass is 10.2. The predicted octanol–water partition coefficient (Wildman–Crippen LogP) is 2.41. The molecule has 122 valence electrons. The van der Waals surface area contributed by atoms with E-state index in [1.54, 1.807) is 20.8 Å². The van der Waals surface area contributed by atoms with Crippen LogP contribution in [0.25, 0.3) is 0 Å². The number of hydrogen-bond acceptors (Lipinski definition) is 3. The molecular weight excluding hydrogens is 289 g/mol. The molecule has 0 saturated carbocycles. The first-order valence-electron chi connectivity index (χ1n) is 6.80. The summed E-state index contributed by atoms with van der Waals surface area (Å²) in [7, 11) is 0. The van der Waals surface area contributed by atoms with Crippen LogP contribution in [-0.2, 0) is 9.53 Å². The highest BCUT2D eigenvalue weighted by atomic mass is 19.4. The Bertz CT molecular complexity index is 383. The molecule has 1 aliphatic heterocycles. The van der Waals surface area contributed by atoms with Gasteiger partial charge in [-0.05, 0) is 20.8 Å². The highest BCUT2D eigenvalue weighted by molar-refractivity contribution is 5.76. The van der Waals surface area contributed by atoms with Crippen LogP contribution in [0.1, 0.15) is 33.6 Å². The van der Waals surface area contributed by atoms with E-state index in [-0.39, 0.29) is 26.2 Å². The Balaban J connectivity index is 2.38. The van der Waals surface area contributed by atoms with Crippen LogP contribution in [0.3, 0.4) is 0 Å². The summed E-state index contributed by atoms with van der Waals surface area (Å²) in [6, 6.07) is 0. The van der Waals surface area contributed by atoms with Gasteiger partial charge in [-0.2, -0.15) is 13.2 Å². The van der Waals surface area contributed by atoms with Crippen LogP contribution in [0.5, 0.6) is 0 Å². The number of halogens is 3. The zero-order valence-electron chi connectivity index (χ0n) is 12.5. The van der Waals surface area contributed by atoms with E-state index in [0.717, 1.165) is 0 Å². The van der Waals surface area contributed by atoms with E-state index in [1.165, 1.54) is 9.80 Å². The first kappa shape index (κ1) is 17.6. The average molecular weight is 310 g/mol. The number of carbonyl (C=O) groups is 2. The smallest absolute Gasteiger partial charge is 0.410 e. The van der Waals surface area contributed by atoms with Crippen molar-refractivity contribution in [2.45, 2.75) is 45.4 Å². The summed E-state index contributed by atoms with van der Waals surface area (Å²) in [5.41, 5.74) is -0.600. The third-order valence-corrected chi connectivity index (χ3v) is 2.91. The Morgan fingerprint density at radius 2 is 1.48 bits per heavy atom. The van der Waals surface area contributed by atoms with Crippen molar-refractivity contribution < 1.29 is 27.5 Å². The molecule has 1 fully saturated rings. The molecule has 1 rings (SSSR count). The summed E-state index contributed by atoms with van der Waals surface area (Å²) in [6.45, 7) is 6.26. The quantitative estimate of drug-likeness (QED) is 0.787. The second-order valence-electron chi connectivity index (χ2n) is 5.96. The van der Waals surface area contributed by atoms with E-state index in [2.05, 4.69) is 0 Å². The van der Waals surface area contributed by atoms with E-state index in [0.29, 0.717) is 0 Å². The van der Waals surface area contributed by atoms with Crippen molar-refractivity contribution in [2.75, 3.05) is 26.2 Å². The summed E-state index contributed by atoms with van der Waals surface area (Å²) in [5, 5.41) is 0. The third-order valence-electron chi connectivity index (χ3n) is 2.91. The summed E-state index contributed by atoms with van der Waals surface area (Å²) in [4.78, 5) is 26.3. The van der Waals surface area contributed by atoms with Gasteiger partial charge in [0.25, 0.3) is 0 Å². The largest absolute Gasteiger partial charge is 0.444 e. The minimum Gasteiger partial charge on any atom is -0.444 e. The molecule has 0 aliphatic carbocycles. The van der Waals surface area contributed by atoms with Crippen molar-refractivity contribution >= 4 is 12.0 Å². The lowest BCUT2D eigenvalue weighted by Crippen LogP contribution is -2.51. The Kier molecular flexibility index (Phi) is 5.47. The molecule has 0 radical (unpaired) electrons. The fourth-order valence-electron chi connectivity index (χ4n) is 1.87. The minimum absolute atomic E-state index is 0.232. The number of hydrogen-bond donors (Lipinski definition) is 0. The molecule has 5 nitrogen and oxygen atoms in total. The first-order valence-corrected chi connectivity index (χ1v) is 6.80. The summed E-state index contributed by atoms with van der Waals surface area (Å²) < 4.78 is 41.4. The topological polar surface area (TPSA) is 49.9 Å². The Labute approximate surface area is 122 Å². The Morgan fingerprint density at radius 1 is 1.00 bits per heavy atom. The molecule has 0 aromatic rings. The van der Waals surface area contributed by atoms with Gasteiger partial charge in [-0.3, -0.25) is 4.79 Å². The molecule has 0 atom stereocenters. The van der Waals surface area contributed by atoms with Gasteiger partial charge in [0.2, 0.25) is 5.91 Å². The zero-order chi connectivity index (χ0) is 16.3. The fourth-order valence-corrected chi connectivity index (χ4v) is 1.87. The molecule has 0 spiro atoms. The summed E-state index contributed by atoms with van der Waals surface area (Å²) in [6.07, 6.45) is -6.45. The van der Waals surface area contributed by atoms with Crippen molar-refractivity contribution in [2.24, 2.45) is 0 Å². The molecule has 0 bridgehead atoms. The molecule has 0 N–H and O–H groups in total. The van der Waals surface area contributed by atoms with E-state index >= 15 is 0 Å². The van der Waals surface area contributed by atoms with Crippen molar-refractivity contribution in [3.63, 3.8) is 0 Å². The van der Waals surface area contributed by atoms with E-state index in [4.69, 9.17) is 4.74 Å². The SMILES string of the molecule is CC(C)(C)OC(=O)N1CCN(C(=O)CCC(F)(F)F)CC1. The number of piperazine rings is 1.